The molecule has 0 aliphatic carbocycles. The summed E-state index contributed by atoms with van der Waals surface area (Å²) in [5.41, 5.74) is 0. The van der Waals surface area contributed by atoms with Crippen LogP contribution in [-0.2, 0) is 58.3 Å². The monoisotopic (exact) mass is 295 g/mol. The van der Waals surface area contributed by atoms with Gasteiger partial charge in [-0.25, -0.2) is 0 Å². The molecule has 0 unspecified atom stereocenters. The molecule has 0 amide bonds. The van der Waals surface area contributed by atoms with E-state index in [1.165, 1.54) is 0 Å². The van der Waals surface area contributed by atoms with E-state index in [-0.39, 0.29) is 82.2 Å². The molecule has 0 nitrogen and oxygen atoms in total. The van der Waals surface area contributed by atoms with Gasteiger partial charge < -0.3 is 0 Å². The minimum atomic E-state index is 0. The summed E-state index contributed by atoms with van der Waals surface area (Å²) in [5.74, 6) is 0. The zero-order chi connectivity index (χ0) is 0. The average Bonchev–Trinajstić information content (AvgIpc) is 0. The minimum absolute atomic E-state index is 0. The topological polar surface area (TPSA) is 0 Å². The maximum atomic E-state index is 0. The first-order valence-electron chi connectivity index (χ1n) is 0. The second kappa shape index (κ2) is 17.4. The zero-order valence-corrected chi connectivity index (χ0v) is 10.3. The molecular weight excluding hydrogens is 296 g/mol. The molecule has 0 N–H and O–H groups in total. The predicted molar refractivity (Wildman–Crippen MR) is 5.75 cm³/mol. The maximum absolute atomic E-state index is 0. The van der Waals surface area contributed by atoms with Gasteiger partial charge in [0, 0.05) is 82.2 Å². The van der Waals surface area contributed by atoms with Gasteiger partial charge in [0.1, 0.15) is 0 Å². The minimum Gasteiger partial charge on any atom is 0 e. The summed E-state index contributed by atoms with van der Waals surface area (Å²) in [4.78, 5) is 0. The quantitative estimate of drug-likeness (QED) is 0.534. The molecule has 0 aromatic carbocycles. The maximum Gasteiger partial charge on any atom is 0 e. The molecule has 0 fully saturated rings. The van der Waals surface area contributed by atoms with Gasteiger partial charge in [0.2, 0.25) is 0 Å². The third-order valence-electron chi connectivity index (χ3n) is 0. The first-order valence-corrected chi connectivity index (χ1v) is 0. The molecule has 21 valence electrons. The molecule has 0 aliphatic rings. The van der Waals surface area contributed by atoms with E-state index in [0.717, 1.165) is 0 Å². The molecular formula is CuSnTiZn. The molecule has 4 heteroatoms. The van der Waals surface area contributed by atoms with Crippen molar-refractivity contribution in [2.45, 2.75) is 0 Å². The molecule has 0 aliphatic heterocycles. The summed E-state index contributed by atoms with van der Waals surface area (Å²) < 4.78 is 0. The van der Waals surface area contributed by atoms with Crippen LogP contribution in [0.15, 0.2) is 0 Å². The Hall–Kier alpha value is 2.66. The van der Waals surface area contributed by atoms with Crippen LogP contribution in [0.25, 0.3) is 0 Å². The first-order chi connectivity index (χ1) is 0. The van der Waals surface area contributed by atoms with Gasteiger partial charge in [-0.2, -0.15) is 0 Å². The molecule has 0 aromatic rings. The largest absolute Gasteiger partial charge is 0 e. The van der Waals surface area contributed by atoms with Crippen LogP contribution in [0.1, 0.15) is 0 Å². The van der Waals surface area contributed by atoms with Crippen LogP contribution in [0.4, 0.5) is 0 Å². The van der Waals surface area contributed by atoms with E-state index in [9.17, 15) is 0 Å². The van der Waals surface area contributed by atoms with Crippen LogP contribution in [0.3, 0.4) is 0 Å². The van der Waals surface area contributed by atoms with E-state index in [2.05, 4.69) is 0 Å². The standard InChI is InChI=1S/Cu.Sn.Ti.Zn. The third kappa shape index (κ3) is 8.82. The summed E-state index contributed by atoms with van der Waals surface area (Å²) in [6, 6.07) is 0. The van der Waals surface area contributed by atoms with Gasteiger partial charge in [-0.15, -0.1) is 0 Å². The van der Waals surface area contributed by atoms with Crippen LogP contribution in [0.5, 0.6) is 0 Å². The molecule has 0 aromatic heterocycles. The SMILES string of the molecule is [Cu].[Sn].[Ti].[Zn]. The van der Waals surface area contributed by atoms with Crippen molar-refractivity contribution in [3.63, 3.8) is 0 Å². The van der Waals surface area contributed by atoms with Crippen molar-refractivity contribution in [3.8, 4) is 0 Å². The summed E-state index contributed by atoms with van der Waals surface area (Å²) >= 11 is 0. The van der Waals surface area contributed by atoms with Gasteiger partial charge in [-0.05, 0) is 0 Å². The summed E-state index contributed by atoms with van der Waals surface area (Å²) in [6.07, 6.45) is 0. The number of hydrogen-bond acceptors (Lipinski definition) is 0. The molecule has 0 rings (SSSR count). The van der Waals surface area contributed by atoms with Crippen molar-refractivity contribution in [1.82, 2.24) is 0 Å². The average molecular weight is 296 g/mol. The smallest absolute Gasteiger partial charge is 0 e. The Balaban J connectivity index is 0. The molecule has 5 radical (unpaired) electrons. The number of rotatable bonds is 0. The fourth-order valence-electron chi connectivity index (χ4n) is 0. The Labute approximate surface area is 80.9 Å². The van der Waals surface area contributed by atoms with E-state index in [1.54, 1.807) is 0 Å². The van der Waals surface area contributed by atoms with Gasteiger partial charge in [0.25, 0.3) is 0 Å². The summed E-state index contributed by atoms with van der Waals surface area (Å²) in [5, 5.41) is 0. The van der Waals surface area contributed by atoms with Crippen LogP contribution >= 0.6 is 0 Å². The fraction of sp³-hybridized carbons (Fsp3) is 0. The van der Waals surface area contributed by atoms with Crippen LogP contribution in [0, 0.1) is 0 Å². The van der Waals surface area contributed by atoms with Crippen molar-refractivity contribution in [3.05, 3.63) is 0 Å². The van der Waals surface area contributed by atoms with Gasteiger partial charge in [0.05, 0.1) is 0 Å². The molecule has 0 bridgehead atoms. The third-order valence-corrected chi connectivity index (χ3v) is 0. The molecule has 0 atom stereocenters. The Kier molecular flexibility index (Phi) is 131. The van der Waals surface area contributed by atoms with Gasteiger partial charge >= 0.3 is 0 Å². The Morgan fingerprint density at radius 1 is 1.00 bits per heavy atom. The van der Waals surface area contributed by atoms with Crippen LogP contribution < -0.4 is 0 Å². The molecule has 0 saturated heterocycles. The second-order valence-electron chi connectivity index (χ2n) is 0. The van der Waals surface area contributed by atoms with Gasteiger partial charge in [-0.3, -0.25) is 0 Å². The van der Waals surface area contributed by atoms with Crippen LogP contribution in [0.2, 0.25) is 0 Å². The molecule has 0 heterocycles. The Morgan fingerprint density at radius 2 is 1.00 bits per heavy atom. The molecule has 0 spiro atoms. The van der Waals surface area contributed by atoms with Gasteiger partial charge in [-0.1, -0.05) is 0 Å². The van der Waals surface area contributed by atoms with Crippen molar-refractivity contribution in [1.29, 1.82) is 0 Å². The van der Waals surface area contributed by atoms with Crippen molar-refractivity contribution in [2.75, 3.05) is 0 Å². The summed E-state index contributed by atoms with van der Waals surface area (Å²) in [7, 11) is 0. The van der Waals surface area contributed by atoms with E-state index in [4.69, 9.17) is 0 Å². The predicted octanol–water partition coefficient (Wildman–Crippen LogP) is -0.388. The molecule has 4 heavy (non-hydrogen) atoms. The Bertz CT molecular complexity index is 8.00. The molecule has 0 saturated carbocycles. The van der Waals surface area contributed by atoms with Crippen molar-refractivity contribution >= 4 is 23.9 Å². The first kappa shape index (κ1) is 30.2. The van der Waals surface area contributed by atoms with E-state index in [1.807, 2.05) is 0 Å². The van der Waals surface area contributed by atoms with Crippen molar-refractivity contribution < 1.29 is 58.3 Å². The van der Waals surface area contributed by atoms with Crippen molar-refractivity contribution in [2.24, 2.45) is 0 Å². The van der Waals surface area contributed by atoms with E-state index < -0.39 is 0 Å². The van der Waals surface area contributed by atoms with Crippen LogP contribution in [-0.4, -0.2) is 23.9 Å². The normalized spacial score (nSPS) is 0. The summed E-state index contributed by atoms with van der Waals surface area (Å²) in [6.45, 7) is 0. The number of hydrogen-bond donors (Lipinski definition) is 0. The van der Waals surface area contributed by atoms with E-state index in [0.29, 0.717) is 0 Å². The van der Waals surface area contributed by atoms with E-state index >= 15 is 0 Å². The Morgan fingerprint density at radius 3 is 1.00 bits per heavy atom. The zero-order valence-electron chi connectivity index (χ0n) is 2.01. The fourth-order valence-corrected chi connectivity index (χ4v) is 0. The second-order valence-corrected chi connectivity index (χ2v) is 0. The van der Waals surface area contributed by atoms with Gasteiger partial charge in [0.15, 0.2) is 0 Å².